The van der Waals surface area contributed by atoms with Gasteiger partial charge in [0.1, 0.15) is 29.7 Å². The minimum atomic E-state index is -4.78. The fourth-order valence-electron chi connectivity index (χ4n) is 2.88. The van der Waals surface area contributed by atoms with Crippen LogP contribution >= 0.6 is 23.8 Å². The van der Waals surface area contributed by atoms with Gasteiger partial charge in [0.25, 0.3) is 0 Å². The number of hydrogen-bond donors (Lipinski definition) is 5. The lowest BCUT2D eigenvalue weighted by Crippen LogP contribution is -2.49. The van der Waals surface area contributed by atoms with Crippen molar-refractivity contribution in [2.24, 2.45) is 0 Å². The molecule has 0 spiro atoms. The van der Waals surface area contributed by atoms with Gasteiger partial charge in [-0.3, -0.25) is 9.09 Å². The second-order valence-electron chi connectivity index (χ2n) is 5.76. The Balaban J connectivity index is 1.95. The Morgan fingerprint density at radius 1 is 1.42 bits per heavy atom. The van der Waals surface area contributed by atoms with E-state index in [0.717, 1.165) is 0 Å². The summed E-state index contributed by atoms with van der Waals surface area (Å²) in [6.45, 7) is -0.620. The van der Waals surface area contributed by atoms with Crippen molar-refractivity contribution < 1.29 is 33.8 Å². The number of phosphoric ester groups is 1. The van der Waals surface area contributed by atoms with Crippen LogP contribution in [0.4, 0.5) is 5.82 Å². The van der Waals surface area contributed by atoms with E-state index in [1.54, 1.807) is 0 Å². The molecule has 14 heteroatoms. The highest BCUT2D eigenvalue weighted by Crippen LogP contribution is 2.44. The second-order valence-corrected chi connectivity index (χ2v) is 7.79. The van der Waals surface area contributed by atoms with Crippen LogP contribution in [0.1, 0.15) is 12.6 Å². The van der Waals surface area contributed by atoms with E-state index in [9.17, 15) is 14.8 Å². The van der Waals surface area contributed by atoms with Gasteiger partial charge in [0.15, 0.2) is 17.7 Å². The Bertz CT molecular complexity index is 846. The number of nitrogens with two attached hydrogens (primary N) is 1. The Kier molecular flexibility index (Phi) is 5.34. The van der Waals surface area contributed by atoms with E-state index in [4.69, 9.17) is 20.3 Å². The fourth-order valence-corrected chi connectivity index (χ4v) is 3.85. The molecule has 144 valence electrons. The molecule has 0 unspecified atom stereocenters. The third kappa shape index (κ3) is 3.49. The zero-order chi connectivity index (χ0) is 19.1. The summed E-state index contributed by atoms with van der Waals surface area (Å²) >= 11 is 3.18. The first kappa shape index (κ1) is 19.6. The highest BCUT2D eigenvalue weighted by atomic mass is 79.9. The molecular formula is C12H17BrN5O7P. The number of halogens is 1. The lowest BCUT2D eigenvalue weighted by molar-refractivity contribution is -0.0924. The standard InChI is InChI=1S/C12H17BrN5O7P/c13-2-1-12(20)6(3-24-26(21,22)23)25-11(8(12)19)18-5-17-7-9(14)15-4-16-10(7)18/h4-6,8,11,19-20H,1-3H2,(H2,14,15,16)(H2,21,22,23)/t6-,8+,11-,12-/m1/s1. The molecule has 26 heavy (non-hydrogen) atoms. The van der Waals surface area contributed by atoms with Crippen LogP contribution in [0.3, 0.4) is 0 Å². The first-order chi connectivity index (χ1) is 12.2. The van der Waals surface area contributed by atoms with E-state index in [-0.39, 0.29) is 17.9 Å². The summed E-state index contributed by atoms with van der Waals surface area (Å²) in [5.41, 5.74) is 4.48. The number of alkyl halides is 1. The maximum Gasteiger partial charge on any atom is 0.469 e. The maximum atomic E-state index is 11.0. The van der Waals surface area contributed by atoms with Gasteiger partial charge in [-0.1, -0.05) is 15.9 Å². The van der Waals surface area contributed by atoms with Crippen LogP contribution in [0.2, 0.25) is 0 Å². The number of ether oxygens (including phenoxy) is 1. The summed E-state index contributed by atoms with van der Waals surface area (Å²) in [5.74, 6) is 0.137. The molecule has 12 nitrogen and oxygen atoms in total. The molecule has 1 fully saturated rings. The predicted molar refractivity (Wildman–Crippen MR) is 91.0 cm³/mol. The van der Waals surface area contributed by atoms with Crippen LogP contribution in [0.5, 0.6) is 0 Å². The van der Waals surface area contributed by atoms with Crippen molar-refractivity contribution in [1.82, 2.24) is 19.5 Å². The normalized spacial score (nSPS) is 29.5. The van der Waals surface area contributed by atoms with Crippen LogP contribution in [-0.2, 0) is 13.8 Å². The number of aromatic nitrogens is 4. The molecule has 0 radical (unpaired) electrons. The molecule has 1 aliphatic rings. The number of rotatable bonds is 6. The fraction of sp³-hybridized carbons (Fsp3) is 0.583. The van der Waals surface area contributed by atoms with Gasteiger partial charge in [-0.15, -0.1) is 0 Å². The average Bonchev–Trinajstić information content (AvgIpc) is 3.08. The number of nitrogens with zero attached hydrogens (tertiary/aromatic N) is 4. The van der Waals surface area contributed by atoms with Crippen LogP contribution in [0, 0.1) is 0 Å². The number of anilines is 1. The zero-order valence-corrected chi connectivity index (χ0v) is 15.7. The third-order valence-electron chi connectivity index (χ3n) is 4.19. The van der Waals surface area contributed by atoms with Gasteiger partial charge in [-0.2, -0.15) is 0 Å². The van der Waals surface area contributed by atoms with E-state index < -0.39 is 38.5 Å². The van der Waals surface area contributed by atoms with Crippen molar-refractivity contribution in [3.8, 4) is 0 Å². The summed E-state index contributed by atoms with van der Waals surface area (Å²) in [7, 11) is -4.78. The average molecular weight is 454 g/mol. The highest BCUT2D eigenvalue weighted by Gasteiger charge is 2.56. The minimum Gasteiger partial charge on any atom is -0.385 e. The van der Waals surface area contributed by atoms with Gasteiger partial charge < -0.3 is 30.5 Å². The molecule has 0 bridgehead atoms. The minimum absolute atomic E-state index is 0.0452. The van der Waals surface area contributed by atoms with E-state index in [1.807, 2.05) is 0 Å². The summed E-state index contributed by atoms with van der Waals surface area (Å²) in [4.78, 5) is 29.8. The molecule has 4 atom stereocenters. The molecule has 3 rings (SSSR count). The van der Waals surface area contributed by atoms with Crippen molar-refractivity contribution in [3.05, 3.63) is 12.7 Å². The molecule has 2 aromatic rings. The van der Waals surface area contributed by atoms with Crippen molar-refractivity contribution >= 4 is 40.7 Å². The van der Waals surface area contributed by atoms with Crippen LogP contribution in [0.15, 0.2) is 12.7 Å². The Labute approximate surface area is 155 Å². The van der Waals surface area contributed by atoms with Crippen LogP contribution in [-0.4, -0.2) is 69.3 Å². The molecule has 2 aromatic heterocycles. The topological polar surface area (TPSA) is 186 Å². The van der Waals surface area contributed by atoms with Gasteiger partial charge >= 0.3 is 7.82 Å². The van der Waals surface area contributed by atoms with Crippen molar-refractivity contribution in [2.45, 2.75) is 30.5 Å². The predicted octanol–water partition coefficient (Wildman–Crippen LogP) is -0.708. The summed E-state index contributed by atoms with van der Waals surface area (Å²) in [5, 5.41) is 21.9. The molecular weight excluding hydrogens is 437 g/mol. The monoisotopic (exact) mass is 453 g/mol. The first-order valence-electron chi connectivity index (χ1n) is 7.42. The first-order valence-corrected chi connectivity index (χ1v) is 10.1. The molecule has 1 aliphatic heterocycles. The van der Waals surface area contributed by atoms with Gasteiger partial charge in [0, 0.05) is 5.33 Å². The zero-order valence-electron chi connectivity index (χ0n) is 13.2. The van der Waals surface area contributed by atoms with E-state index in [1.165, 1.54) is 17.2 Å². The third-order valence-corrected chi connectivity index (χ3v) is 5.08. The molecule has 1 saturated heterocycles. The second kappa shape index (κ2) is 7.09. The number of fused-ring (bicyclic) bond motifs is 1. The van der Waals surface area contributed by atoms with Gasteiger partial charge in [0.05, 0.1) is 12.9 Å². The van der Waals surface area contributed by atoms with Crippen molar-refractivity contribution in [1.29, 1.82) is 0 Å². The number of phosphoric acid groups is 1. The number of aliphatic hydroxyl groups excluding tert-OH is 1. The maximum absolute atomic E-state index is 11.0. The molecule has 0 saturated carbocycles. The molecule has 0 aromatic carbocycles. The number of hydrogen-bond acceptors (Lipinski definition) is 9. The lowest BCUT2D eigenvalue weighted by Gasteiger charge is -2.30. The summed E-state index contributed by atoms with van der Waals surface area (Å²) in [6, 6.07) is 0. The van der Waals surface area contributed by atoms with E-state index in [0.29, 0.717) is 10.8 Å². The van der Waals surface area contributed by atoms with E-state index >= 15 is 0 Å². The molecule has 0 aliphatic carbocycles. The highest BCUT2D eigenvalue weighted by molar-refractivity contribution is 9.09. The van der Waals surface area contributed by atoms with Crippen molar-refractivity contribution in [2.75, 3.05) is 17.7 Å². The Hall–Kier alpha value is -1.18. The van der Waals surface area contributed by atoms with Gasteiger partial charge in [-0.25, -0.2) is 19.5 Å². The lowest BCUT2D eigenvalue weighted by atomic mass is 9.89. The smallest absolute Gasteiger partial charge is 0.385 e. The summed E-state index contributed by atoms with van der Waals surface area (Å²) < 4.78 is 22.5. The summed E-state index contributed by atoms with van der Waals surface area (Å²) in [6.07, 6.45) is -1.18. The molecule has 6 N–H and O–H groups in total. The van der Waals surface area contributed by atoms with Crippen molar-refractivity contribution in [3.63, 3.8) is 0 Å². The Morgan fingerprint density at radius 3 is 2.81 bits per heavy atom. The van der Waals surface area contributed by atoms with Crippen LogP contribution < -0.4 is 5.73 Å². The molecule has 0 amide bonds. The van der Waals surface area contributed by atoms with Gasteiger partial charge in [-0.05, 0) is 6.42 Å². The largest absolute Gasteiger partial charge is 0.469 e. The van der Waals surface area contributed by atoms with E-state index in [2.05, 4.69) is 35.4 Å². The van der Waals surface area contributed by atoms with Crippen LogP contribution in [0.25, 0.3) is 11.2 Å². The number of aliphatic hydroxyl groups is 2. The number of imidazole rings is 1. The SMILES string of the molecule is Nc1ncnc2c1ncn2[C@@H]1O[C@H](COP(=O)(O)O)[C@](O)(CCBr)[C@H]1O. The Morgan fingerprint density at radius 2 is 2.15 bits per heavy atom. The molecule has 3 heterocycles. The number of nitrogen functional groups attached to an aromatic ring is 1. The van der Waals surface area contributed by atoms with Gasteiger partial charge in [0.2, 0.25) is 0 Å². The quantitative estimate of drug-likeness (QED) is 0.274.